The summed E-state index contributed by atoms with van der Waals surface area (Å²) >= 11 is 0. The van der Waals surface area contributed by atoms with Gasteiger partial charge in [-0.1, -0.05) is 12.1 Å². The maximum absolute atomic E-state index is 11.8. The first-order valence-electron chi connectivity index (χ1n) is 5.51. The summed E-state index contributed by atoms with van der Waals surface area (Å²) in [5, 5.41) is 0. The van der Waals surface area contributed by atoms with Crippen LogP contribution in [0.15, 0.2) is 46.1 Å². The molecule has 0 aliphatic carbocycles. The van der Waals surface area contributed by atoms with Gasteiger partial charge in [-0.15, -0.1) is 0 Å². The molecule has 1 aromatic heterocycles. The van der Waals surface area contributed by atoms with Crippen LogP contribution in [-0.4, -0.2) is 16.2 Å². The van der Waals surface area contributed by atoms with Crippen molar-refractivity contribution in [3.05, 3.63) is 62.9 Å². The Morgan fingerprint density at radius 1 is 1.11 bits per heavy atom. The first kappa shape index (κ1) is 12.2. The standard InChI is InChI=1S/C13H14N2O3/c1-14-8-7-12(16)15(13(14)17)9-10-3-5-11(18-2)6-4-10/h3-8H,9H2,1-2H3. The van der Waals surface area contributed by atoms with E-state index in [4.69, 9.17) is 4.74 Å². The Morgan fingerprint density at radius 2 is 1.78 bits per heavy atom. The van der Waals surface area contributed by atoms with E-state index in [-0.39, 0.29) is 17.8 Å². The Bertz CT molecular complexity index is 653. The lowest BCUT2D eigenvalue weighted by Crippen LogP contribution is -2.38. The van der Waals surface area contributed by atoms with Gasteiger partial charge in [0, 0.05) is 19.3 Å². The van der Waals surface area contributed by atoms with Gasteiger partial charge < -0.3 is 9.30 Å². The lowest BCUT2D eigenvalue weighted by Gasteiger charge is -2.07. The Balaban J connectivity index is 2.37. The summed E-state index contributed by atoms with van der Waals surface area (Å²) in [6.45, 7) is 0.260. The molecule has 0 unspecified atom stereocenters. The fourth-order valence-corrected chi connectivity index (χ4v) is 1.67. The SMILES string of the molecule is COc1ccc(Cn2c(=O)ccn(C)c2=O)cc1. The van der Waals surface area contributed by atoms with Crippen LogP contribution in [0.4, 0.5) is 0 Å². The maximum Gasteiger partial charge on any atom is 0.331 e. The lowest BCUT2D eigenvalue weighted by molar-refractivity contribution is 0.414. The Kier molecular flexibility index (Phi) is 3.32. The van der Waals surface area contributed by atoms with Crippen molar-refractivity contribution in [2.24, 2.45) is 7.05 Å². The third-order valence-corrected chi connectivity index (χ3v) is 2.74. The zero-order valence-corrected chi connectivity index (χ0v) is 10.3. The molecule has 0 spiro atoms. The average Bonchev–Trinajstić information content (AvgIpc) is 2.40. The van der Waals surface area contributed by atoms with Gasteiger partial charge in [0.25, 0.3) is 5.56 Å². The van der Waals surface area contributed by atoms with E-state index in [2.05, 4.69) is 0 Å². The molecule has 0 aliphatic rings. The van der Waals surface area contributed by atoms with E-state index in [0.717, 1.165) is 11.3 Å². The van der Waals surface area contributed by atoms with Crippen molar-refractivity contribution < 1.29 is 4.74 Å². The first-order chi connectivity index (χ1) is 8.61. The second kappa shape index (κ2) is 4.91. The van der Waals surface area contributed by atoms with Crippen LogP contribution in [0.5, 0.6) is 5.75 Å². The summed E-state index contributed by atoms with van der Waals surface area (Å²) in [6.07, 6.45) is 1.47. The smallest absolute Gasteiger partial charge is 0.331 e. The number of aryl methyl sites for hydroxylation is 1. The van der Waals surface area contributed by atoms with Gasteiger partial charge >= 0.3 is 5.69 Å². The Morgan fingerprint density at radius 3 is 2.39 bits per heavy atom. The molecule has 0 saturated carbocycles. The molecule has 0 fully saturated rings. The Labute approximate surface area is 104 Å². The molecule has 0 saturated heterocycles. The molecule has 0 radical (unpaired) electrons. The van der Waals surface area contributed by atoms with Crippen molar-refractivity contribution in [3.63, 3.8) is 0 Å². The van der Waals surface area contributed by atoms with Crippen LogP contribution in [0.25, 0.3) is 0 Å². The largest absolute Gasteiger partial charge is 0.497 e. The lowest BCUT2D eigenvalue weighted by atomic mass is 10.2. The normalized spacial score (nSPS) is 10.3. The van der Waals surface area contributed by atoms with E-state index in [0.29, 0.717) is 0 Å². The topological polar surface area (TPSA) is 53.2 Å². The minimum absolute atomic E-state index is 0.260. The number of rotatable bonds is 3. The van der Waals surface area contributed by atoms with Gasteiger partial charge in [0.15, 0.2) is 0 Å². The highest BCUT2D eigenvalue weighted by Gasteiger charge is 2.04. The first-order valence-corrected chi connectivity index (χ1v) is 5.51. The van der Waals surface area contributed by atoms with Crippen molar-refractivity contribution in [1.82, 2.24) is 9.13 Å². The van der Waals surface area contributed by atoms with Crippen molar-refractivity contribution in [1.29, 1.82) is 0 Å². The molecule has 0 amide bonds. The second-order valence-electron chi connectivity index (χ2n) is 3.98. The van der Waals surface area contributed by atoms with Gasteiger partial charge in [0.05, 0.1) is 13.7 Å². The molecule has 2 aromatic rings. The molecule has 0 aliphatic heterocycles. The highest BCUT2D eigenvalue weighted by Crippen LogP contribution is 2.11. The van der Waals surface area contributed by atoms with Crippen LogP contribution < -0.4 is 16.0 Å². The fraction of sp³-hybridized carbons (Fsp3) is 0.231. The van der Waals surface area contributed by atoms with Crippen LogP contribution >= 0.6 is 0 Å². The molecular formula is C13H14N2O3. The van der Waals surface area contributed by atoms with Gasteiger partial charge in [0.2, 0.25) is 0 Å². The molecular weight excluding hydrogens is 232 g/mol. The van der Waals surface area contributed by atoms with Crippen molar-refractivity contribution in [2.75, 3.05) is 7.11 Å². The van der Waals surface area contributed by atoms with E-state index in [1.165, 1.54) is 21.4 Å². The van der Waals surface area contributed by atoms with E-state index >= 15 is 0 Å². The Hall–Kier alpha value is -2.30. The highest BCUT2D eigenvalue weighted by molar-refractivity contribution is 5.27. The third kappa shape index (κ3) is 2.34. The molecule has 18 heavy (non-hydrogen) atoms. The number of ether oxygens (including phenoxy) is 1. The molecule has 94 valence electrons. The van der Waals surface area contributed by atoms with Crippen LogP contribution in [-0.2, 0) is 13.6 Å². The number of nitrogens with zero attached hydrogens (tertiary/aromatic N) is 2. The predicted octanol–water partition coefficient (Wildman–Crippen LogP) is 0.604. The van der Waals surface area contributed by atoms with Gasteiger partial charge in [-0.05, 0) is 17.7 Å². The van der Waals surface area contributed by atoms with E-state index < -0.39 is 0 Å². The van der Waals surface area contributed by atoms with Gasteiger partial charge in [-0.3, -0.25) is 9.36 Å². The second-order valence-corrected chi connectivity index (χ2v) is 3.98. The van der Waals surface area contributed by atoms with Crippen LogP contribution in [0.1, 0.15) is 5.56 Å². The van der Waals surface area contributed by atoms with Crippen molar-refractivity contribution >= 4 is 0 Å². The van der Waals surface area contributed by atoms with Crippen molar-refractivity contribution in [3.8, 4) is 5.75 Å². The number of hydrogen-bond acceptors (Lipinski definition) is 3. The van der Waals surface area contributed by atoms with Crippen LogP contribution in [0.3, 0.4) is 0 Å². The van der Waals surface area contributed by atoms with Gasteiger partial charge in [0.1, 0.15) is 5.75 Å². The number of aromatic nitrogens is 2. The molecule has 0 atom stereocenters. The minimum Gasteiger partial charge on any atom is -0.497 e. The maximum atomic E-state index is 11.8. The molecule has 1 heterocycles. The summed E-state index contributed by atoms with van der Waals surface area (Å²) in [7, 11) is 3.21. The summed E-state index contributed by atoms with van der Waals surface area (Å²) in [4.78, 5) is 23.5. The third-order valence-electron chi connectivity index (χ3n) is 2.74. The molecule has 5 nitrogen and oxygen atoms in total. The summed E-state index contributed by atoms with van der Waals surface area (Å²) in [6, 6.07) is 8.64. The van der Waals surface area contributed by atoms with Crippen molar-refractivity contribution in [2.45, 2.75) is 6.54 Å². The molecule has 2 rings (SSSR count). The summed E-state index contributed by atoms with van der Waals surface area (Å²) < 4.78 is 7.63. The number of benzene rings is 1. The molecule has 0 N–H and O–H groups in total. The van der Waals surface area contributed by atoms with Crippen LogP contribution in [0.2, 0.25) is 0 Å². The van der Waals surface area contributed by atoms with Gasteiger partial charge in [-0.25, -0.2) is 4.79 Å². The summed E-state index contributed by atoms with van der Waals surface area (Å²) in [5.74, 6) is 0.743. The monoisotopic (exact) mass is 246 g/mol. The minimum atomic E-state index is -0.321. The zero-order valence-electron chi connectivity index (χ0n) is 10.3. The van der Waals surface area contributed by atoms with E-state index in [1.54, 1.807) is 26.3 Å². The van der Waals surface area contributed by atoms with E-state index in [9.17, 15) is 9.59 Å². The molecule has 0 bridgehead atoms. The molecule has 5 heteroatoms. The van der Waals surface area contributed by atoms with E-state index in [1.807, 2.05) is 12.1 Å². The highest BCUT2D eigenvalue weighted by atomic mass is 16.5. The average molecular weight is 246 g/mol. The predicted molar refractivity (Wildman–Crippen MR) is 68.0 cm³/mol. The number of hydrogen-bond donors (Lipinski definition) is 0. The van der Waals surface area contributed by atoms with Crippen LogP contribution in [0, 0.1) is 0 Å². The summed E-state index contributed by atoms with van der Waals surface area (Å²) in [5.41, 5.74) is 0.258. The fourth-order valence-electron chi connectivity index (χ4n) is 1.67. The van der Waals surface area contributed by atoms with Gasteiger partial charge in [-0.2, -0.15) is 0 Å². The number of methoxy groups -OCH3 is 1. The quantitative estimate of drug-likeness (QED) is 0.797. The molecule has 1 aromatic carbocycles. The zero-order chi connectivity index (χ0) is 13.1.